The van der Waals surface area contributed by atoms with E-state index >= 15 is 0 Å². The molecule has 0 N–H and O–H groups in total. The van der Waals surface area contributed by atoms with Crippen molar-refractivity contribution >= 4 is 46.2 Å². The van der Waals surface area contributed by atoms with Crippen LogP contribution in [-0.4, -0.2) is 52.2 Å². The van der Waals surface area contributed by atoms with Crippen LogP contribution >= 0.6 is 23.5 Å². The van der Waals surface area contributed by atoms with Gasteiger partial charge in [-0.15, -0.1) is 11.8 Å². The van der Waals surface area contributed by atoms with Crippen LogP contribution in [0.4, 0.5) is 5.69 Å². The van der Waals surface area contributed by atoms with Crippen molar-refractivity contribution in [2.75, 3.05) is 19.1 Å². The first-order valence-corrected chi connectivity index (χ1v) is 12.0. The molecule has 2 aromatic carbocycles. The number of rotatable bonds is 4. The molecule has 0 radical (unpaired) electrons. The van der Waals surface area contributed by atoms with Crippen LogP contribution in [0.1, 0.15) is 25.0 Å². The van der Waals surface area contributed by atoms with Crippen LogP contribution in [0.2, 0.25) is 0 Å². The Balaban J connectivity index is 1.87. The van der Waals surface area contributed by atoms with Gasteiger partial charge < -0.3 is 14.4 Å². The molecular weight excluding hydrogens is 444 g/mol. The third-order valence-corrected chi connectivity index (χ3v) is 9.64. The van der Waals surface area contributed by atoms with Crippen LogP contribution in [0, 0.1) is 6.92 Å². The van der Waals surface area contributed by atoms with Gasteiger partial charge in [0, 0.05) is 11.3 Å². The summed E-state index contributed by atoms with van der Waals surface area (Å²) < 4.78 is 9.64. The second kappa shape index (κ2) is 8.48. The van der Waals surface area contributed by atoms with E-state index in [1.54, 1.807) is 0 Å². The number of ether oxygens (including phenoxy) is 2. The topological polar surface area (TPSA) is 68.2 Å². The Hall–Kier alpha value is -2.45. The third kappa shape index (κ3) is 3.59. The molecule has 2 aliphatic heterocycles. The number of esters is 2. The van der Waals surface area contributed by atoms with Crippen molar-refractivity contribution in [3.63, 3.8) is 0 Å². The number of anilines is 1. The number of benzene rings is 2. The van der Waals surface area contributed by atoms with Crippen molar-refractivity contribution in [2.24, 2.45) is 4.99 Å². The Morgan fingerprint density at radius 3 is 2.19 bits per heavy atom. The summed E-state index contributed by atoms with van der Waals surface area (Å²) in [6.45, 7) is 6.01. The minimum atomic E-state index is -0.797. The zero-order chi connectivity index (χ0) is 23.1. The first kappa shape index (κ1) is 22.7. The highest BCUT2D eigenvalue weighted by Crippen LogP contribution is 2.63. The molecule has 0 unspecified atom stereocenters. The lowest BCUT2D eigenvalue weighted by Crippen LogP contribution is -2.56. The largest absolute Gasteiger partial charge is 0.467 e. The lowest BCUT2D eigenvalue weighted by molar-refractivity contribution is -0.143. The maximum absolute atomic E-state index is 13.3. The highest BCUT2D eigenvalue weighted by molar-refractivity contribution is 8.27. The molecule has 4 rings (SSSR count). The van der Waals surface area contributed by atoms with Gasteiger partial charge in [0.1, 0.15) is 4.08 Å². The summed E-state index contributed by atoms with van der Waals surface area (Å²) in [4.78, 5) is 33.1. The Kier molecular flexibility index (Phi) is 6.02. The van der Waals surface area contributed by atoms with Gasteiger partial charge in [0.15, 0.2) is 11.4 Å². The fraction of sp³-hybridized carbons (Fsp3) is 0.375. The molecule has 3 atom stereocenters. The summed E-state index contributed by atoms with van der Waals surface area (Å²) in [6.07, 6.45) is 0. The van der Waals surface area contributed by atoms with Crippen molar-refractivity contribution in [3.8, 4) is 0 Å². The molecule has 2 heterocycles. The fourth-order valence-electron chi connectivity index (χ4n) is 4.14. The normalized spacial score (nSPS) is 26.2. The number of carbonyl (C=O) groups is 2. The van der Waals surface area contributed by atoms with Crippen LogP contribution in [0.25, 0.3) is 0 Å². The standard InChI is InChI=1S/C24H26N2O4S2/c1-15-11-13-17(14-12-15)26-18(21(27)29-4)24(32-20(26)22(28)30-5)23(2,3)25-19(31-24)16-9-7-6-8-10-16/h6-14,18,20H,1-5H3/t18-,20-,24-/m0/s1. The third-order valence-electron chi connectivity index (χ3n) is 5.84. The lowest BCUT2D eigenvalue weighted by Gasteiger charge is -2.39. The Morgan fingerprint density at radius 2 is 1.59 bits per heavy atom. The van der Waals surface area contributed by atoms with Crippen LogP contribution in [0.3, 0.4) is 0 Å². The highest BCUT2D eigenvalue weighted by Gasteiger charge is 2.68. The molecule has 2 aliphatic rings. The average Bonchev–Trinajstić information content (AvgIpc) is 3.28. The van der Waals surface area contributed by atoms with Crippen LogP contribution in [0.15, 0.2) is 59.6 Å². The maximum Gasteiger partial charge on any atom is 0.339 e. The SMILES string of the molecule is COC(=O)[C@@H]1N(c2ccc(C)cc2)[C@H](C(=O)OC)S[C@@]12SC(c1ccccc1)=NC2(C)C. The molecule has 0 aliphatic carbocycles. The summed E-state index contributed by atoms with van der Waals surface area (Å²) in [5, 5.41) is 0.121. The number of aliphatic imine (C=N–C) groups is 1. The lowest BCUT2D eigenvalue weighted by atomic mass is 9.92. The van der Waals surface area contributed by atoms with E-state index in [-0.39, 0.29) is 0 Å². The van der Waals surface area contributed by atoms with E-state index in [4.69, 9.17) is 14.5 Å². The second-order valence-electron chi connectivity index (χ2n) is 8.27. The minimum absolute atomic E-state index is 0.408. The summed E-state index contributed by atoms with van der Waals surface area (Å²) in [5.41, 5.74) is 2.16. The molecular formula is C24H26N2O4S2. The number of hydrogen-bond donors (Lipinski definition) is 0. The molecule has 32 heavy (non-hydrogen) atoms. The van der Waals surface area contributed by atoms with Crippen LogP contribution in [0.5, 0.6) is 0 Å². The molecule has 8 heteroatoms. The van der Waals surface area contributed by atoms with Gasteiger partial charge in [-0.25, -0.2) is 9.59 Å². The van der Waals surface area contributed by atoms with E-state index in [1.165, 1.54) is 37.7 Å². The smallest absolute Gasteiger partial charge is 0.339 e. The van der Waals surface area contributed by atoms with E-state index in [0.717, 1.165) is 21.9 Å². The summed E-state index contributed by atoms with van der Waals surface area (Å²) in [6, 6.07) is 16.9. The van der Waals surface area contributed by atoms with Crippen molar-refractivity contribution in [1.29, 1.82) is 0 Å². The van der Waals surface area contributed by atoms with Crippen molar-refractivity contribution < 1.29 is 19.1 Å². The molecule has 0 bridgehead atoms. The predicted octanol–water partition coefficient (Wildman–Crippen LogP) is 4.26. The highest BCUT2D eigenvalue weighted by atomic mass is 32.2. The van der Waals surface area contributed by atoms with Gasteiger partial charge in [0.25, 0.3) is 0 Å². The van der Waals surface area contributed by atoms with Gasteiger partial charge in [-0.1, -0.05) is 59.8 Å². The summed E-state index contributed by atoms with van der Waals surface area (Å²) in [5.74, 6) is -0.819. The molecule has 168 valence electrons. The zero-order valence-corrected chi connectivity index (χ0v) is 20.3. The number of methoxy groups -OCH3 is 2. The zero-order valence-electron chi connectivity index (χ0n) is 18.7. The molecule has 0 saturated carbocycles. The summed E-state index contributed by atoms with van der Waals surface area (Å²) in [7, 11) is 2.75. The maximum atomic E-state index is 13.3. The molecule has 6 nitrogen and oxygen atoms in total. The summed E-state index contributed by atoms with van der Waals surface area (Å²) >= 11 is 2.94. The van der Waals surface area contributed by atoms with Gasteiger partial charge in [-0.05, 0) is 32.9 Å². The minimum Gasteiger partial charge on any atom is -0.467 e. The Morgan fingerprint density at radius 1 is 0.969 bits per heavy atom. The second-order valence-corrected chi connectivity index (χ2v) is 11.1. The Labute approximate surface area is 196 Å². The fourth-order valence-corrected chi connectivity index (χ4v) is 7.82. The van der Waals surface area contributed by atoms with E-state index in [2.05, 4.69) is 0 Å². The van der Waals surface area contributed by atoms with Crippen molar-refractivity contribution in [1.82, 2.24) is 0 Å². The van der Waals surface area contributed by atoms with E-state index in [1.807, 2.05) is 80.3 Å². The quantitative estimate of drug-likeness (QED) is 0.619. The predicted molar refractivity (Wildman–Crippen MR) is 130 cm³/mol. The van der Waals surface area contributed by atoms with Gasteiger partial charge in [-0.2, -0.15) is 0 Å². The van der Waals surface area contributed by atoms with Crippen molar-refractivity contribution in [2.45, 2.75) is 41.8 Å². The molecule has 0 aromatic heterocycles. The molecule has 1 spiro atoms. The number of nitrogens with zero attached hydrogens (tertiary/aromatic N) is 2. The van der Waals surface area contributed by atoms with Gasteiger partial charge >= 0.3 is 11.9 Å². The monoisotopic (exact) mass is 470 g/mol. The van der Waals surface area contributed by atoms with Crippen LogP contribution in [-0.2, 0) is 19.1 Å². The number of thioether (sulfide) groups is 2. The van der Waals surface area contributed by atoms with Gasteiger partial charge in [0.2, 0.25) is 0 Å². The van der Waals surface area contributed by atoms with Crippen LogP contribution < -0.4 is 4.90 Å². The first-order valence-electron chi connectivity index (χ1n) is 10.3. The van der Waals surface area contributed by atoms with Crippen molar-refractivity contribution in [3.05, 3.63) is 65.7 Å². The first-order chi connectivity index (χ1) is 15.2. The van der Waals surface area contributed by atoms with Gasteiger partial charge in [0.05, 0.1) is 24.8 Å². The number of aryl methyl sites for hydroxylation is 1. The van der Waals surface area contributed by atoms with E-state index < -0.39 is 33.0 Å². The number of carbonyl (C=O) groups excluding carboxylic acids is 2. The van der Waals surface area contributed by atoms with Gasteiger partial charge in [-0.3, -0.25) is 4.99 Å². The van der Waals surface area contributed by atoms with E-state index in [0.29, 0.717) is 0 Å². The number of hydrogen-bond acceptors (Lipinski definition) is 8. The Bertz CT molecular complexity index is 1060. The molecule has 1 saturated heterocycles. The van der Waals surface area contributed by atoms with E-state index in [9.17, 15) is 9.59 Å². The molecule has 0 amide bonds. The molecule has 2 aromatic rings. The molecule has 1 fully saturated rings. The average molecular weight is 471 g/mol.